The van der Waals surface area contributed by atoms with Crippen LogP contribution in [0.2, 0.25) is 5.02 Å². The van der Waals surface area contributed by atoms with Crippen LogP contribution in [0.5, 0.6) is 0 Å². The molecule has 2 N–H and O–H groups in total. The van der Waals surface area contributed by atoms with Gasteiger partial charge in [0.05, 0.1) is 4.92 Å². The molecule has 1 aromatic rings. The molecule has 1 heterocycles. The molecule has 1 fully saturated rings. The minimum Gasteiger partial charge on any atom is -0.374 e. The zero-order valence-corrected chi connectivity index (χ0v) is 11.0. The highest BCUT2D eigenvalue weighted by molar-refractivity contribution is 6.33. The molecule has 1 aromatic carbocycles. The molecule has 0 bridgehead atoms. The summed E-state index contributed by atoms with van der Waals surface area (Å²) in [5.74, 6) is -0.656. The number of halogens is 2. The van der Waals surface area contributed by atoms with E-state index in [-0.39, 0.29) is 22.4 Å². The van der Waals surface area contributed by atoms with Crippen molar-refractivity contribution in [2.45, 2.75) is 25.3 Å². The summed E-state index contributed by atoms with van der Waals surface area (Å²) in [5.41, 5.74) is -0.129. The van der Waals surface area contributed by atoms with Gasteiger partial charge in [-0.25, -0.2) is 4.39 Å². The second-order valence-electron chi connectivity index (χ2n) is 4.55. The van der Waals surface area contributed by atoms with Gasteiger partial charge in [-0.15, -0.1) is 0 Å². The molecule has 0 saturated carbocycles. The van der Waals surface area contributed by atoms with Gasteiger partial charge in [0.1, 0.15) is 16.5 Å². The van der Waals surface area contributed by atoms with Gasteiger partial charge in [-0.1, -0.05) is 18.0 Å². The molecule has 19 heavy (non-hydrogen) atoms. The van der Waals surface area contributed by atoms with Crippen LogP contribution < -0.4 is 10.6 Å². The first kappa shape index (κ1) is 14.0. The van der Waals surface area contributed by atoms with Crippen LogP contribution in [-0.4, -0.2) is 24.1 Å². The molecule has 104 valence electrons. The van der Waals surface area contributed by atoms with Crippen LogP contribution in [-0.2, 0) is 0 Å². The van der Waals surface area contributed by atoms with Crippen LogP contribution in [0.25, 0.3) is 0 Å². The molecular weight excluding hydrogens is 273 g/mol. The Kier molecular flexibility index (Phi) is 4.55. The molecule has 5 nitrogen and oxygen atoms in total. The molecule has 1 aliphatic rings. The van der Waals surface area contributed by atoms with Crippen LogP contribution in [0, 0.1) is 15.9 Å². The van der Waals surface area contributed by atoms with Crippen molar-refractivity contribution in [3.63, 3.8) is 0 Å². The summed E-state index contributed by atoms with van der Waals surface area (Å²) in [7, 11) is 0. The van der Waals surface area contributed by atoms with Crippen LogP contribution in [0.15, 0.2) is 12.1 Å². The summed E-state index contributed by atoms with van der Waals surface area (Å²) in [6.45, 7) is 1.61. The van der Waals surface area contributed by atoms with E-state index in [9.17, 15) is 14.5 Å². The zero-order valence-electron chi connectivity index (χ0n) is 10.3. The molecule has 1 aliphatic heterocycles. The third-order valence-corrected chi connectivity index (χ3v) is 3.53. The van der Waals surface area contributed by atoms with Crippen molar-refractivity contribution in [1.29, 1.82) is 0 Å². The summed E-state index contributed by atoms with van der Waals surface area (Å²) in [6.07, 6.45) is 2.96. The van der Waals surface area contributed by atoms with Crippen molar-refractivity contribution in [2.24, 2.45) is 0 Å². The predicted molar refractivity (Wildman–Crippen MR) is 72.2 cm³/mol. The Bertz CT molecular complexity index is 476. The minimum absolute atomic E-state index is 0.0144. The van der Waals surface area contributed by atoms with E-state index in [4.69, 9.17) is 11.6 Å². The molecule has 0 spiro atoms. The number of nitrogens with zero attached hydrogens (tertiary/aromatic N) is 1. The van der Waals surface area contributed by atoms with E-state index in [2.05, 4.69) is 10.6 Å². The second kappa shape index (κ2) is 6.16. The maximum Gasteiger partial charge on any atom is 0.294 e. The first-order valence-corrected chi connectivity index (χ1v) is 6.57. The fourth-order valence-corrected chi connectivity index (χ4v) is 2.39. The van der Waals surface area contributed by atoms with Crippen molar-refractivity contribution in [3.05, 3.63) is 33.1 Å². The Balaban J connectivity index is 2.26. The highest BCUT2D eigenvalue weighted by Crippen LogP contribution is 2.35. The quantitative estimate of drug-likeness (QED) is 0.662. The van der Waals surface area contributed by atoms with Gasteiger partial charge in [0, 0.05) is 18.7 Å². The minimum atomic E-state index is -0.656. The first-order chi connectivity index (χ1) is 9.09. The fraction of sp³-hybridized carbons (Fsp3) is 0.500. The number of rotatable bonds is 3. The molecule has 0 aromatic heterocycles. The van der Waals surface area contributed by atoms with Gasteiger partial charge in [0.2, 0.25) is 0 Å². The lowest BCUT2D eigenvalue weighted by atomic mass is 10.1. The smallest absolute Gasteiger partial charge is 0.294 e. The van der Waals surface area contributed by atoms with Crippen molar-refractivity contribution >= 4 is 23.0 Å². The van der Waals surface area contributed by atoms with E-state index in [1.807, 2.05) is 0 Å². The number of nitro benzene ring substituents is 1. The van der Waals surface area contributed by atoms with Crippen LogP contribution in [0.3, 0.4) is 0 Å². The maximum absolute atomic E-state index is 13.4. The fourth-order valence-electron chi connectivity index (χ4n) is 2.18. The maximum atomic E-state index is 13.4. The van der Waals surface area contributed by atoms with E-state index < -0.39 is 10.7 Å². The van der Waals surface area contributed by atoms with Crippen molar-refractivity contribution in [1.82, 2.24) is 5.32 Å². The molecule has 0 amide bonds. The van der Waals surface area contributed by atoms with Crippen LogP contribution >= 0.6 is 11.6 Å². The summed E-state index contributed by atoms with van der Waals surface area (Å²) in [6, 6.07) is 2.16. The Morgan fingerprint density at radius 1 is 1.47 bits per heavy atom. The average molecular weight is 288 g/mol. The van der Waals surface area contributed by atoms with Gasteiger partial charge in [0.25, 0.3) is 5.69 Å². The topological polar surface area (TPSA) is 67.2 Å². The van der Waals surface area contributed by atoms with Gasteiger partial charge in [-0.05, 0) is 25.5 Å². The Labute approximate surface area is 115 Å². The number of nitrogens with one attached hydrogen (secondary N) is 2. The van der Waals surface area contributed by atoms with Crippen LogP contribution in [0.4, 0.5) is 15.8 Å². The lowest BCUT2D eigenvalue weighted by molar-refractivity contribution is -0.384. The van der Waals surface area contributed by atoms with Crippen LogP contribution in [0.1, 0.15) is 19.3 Å². The molecule has 0 unspecified atom stereocenters. The lowest BCUT2D eigenvalue weighted by Gasteiger charge is -2.18. The highest BCUT2D eigenvalue weighted by atomic mass is 35.5. The van der Waals surface area contributed by atoms with Gasteiger partial charge >= 0.3 is 0 Å². The van der Waals surface area contributed by atoms with E-state index in [1.54, 1.807) is 0 Å². The number of nitro groups is 1. The summed E-state index contributed by atoms with van der Waals surface area (Å²) in [4.78, 5) is 10.4. The van der Waals surface area contributed by atoms with E-state index >= 15 is 0 Å². The predicted octanol–water partition coefficient (Wildman–Crippen LogP) is 2.94. The molecule has 0 radical (unpaired) electrons. The SMILES string of the molecule is O=[N+]([O-])c1ccc(F)c(Cl)c1N[C@@H]1CCCCNC1. The third kappa shape index (κ3) is 3.33. The Morgan fingerprint density at radius 3 is 3.00 bits per heavy atom. The van der Waals surface area contributed by atoms with Crippen molar-refractivity contribution < 1.29 is 9.31 Å². The normalized spacial score (nSPS) is 19.8. The van der Waals surface area contributed by atoms with Gasteiger partial charge in [-0.3, -0.25) is 10.1 Å². The summed E-state index contributed by atoms with van der Waals surface area (Å²) < 4.78 is 13.4. The standard InChI is InChI=1S/C12H15ClFN3O2/c13-11-9(14)4-5-10(17(18)19)12(11)16-8-3-1-2-6-15-7-8/h4-5,8,15-16H,1-3,6-7H2/t8-/m1/s1. The zero-order chi connectivity index (χ0) is 13.8. The van der Waals surface area contributed by atoms with Gasteiger partial charge in [-0.2, -0.15) is 0 Å². The van der Waals surface area contributed by atoms with E-state index in [0.717, 1.165) is 37.9 Å². The van der Waals surface area contributed by atoms with Gasteiger partial charge < -0.3 is 10.6 Å². The van der Waals surface area contributed by atoms with Gasteiger partial charge in [0.15, 0.2) is 0 Å². The molecule has 1 atom stereocenters. The summed E-state index contributed by atoms with van der Waals surface area (Å²) >= 11 is 5.84. The molecule has 0 aliphatic carbocycles. The molecular formula is C12H15ClFN3O2. The Morgan fingerprint density at radius 2 is 2.26 bits per heavy atom. The third-order valence-electron chi connectivity index (χ3n) is 3.16. The molecule has 7 heteroatoms. The monoisotopic (exact) mass is 287 g/mol. The average Bonchev–Trinajstić information content (AvgIpc) is 2.63. The van der Waals surface area contributed by atoms with Crippen molar-refractivity contribution in [3.8, 4) is 0 Å². The number of benzene rings is 1. The molecule has 1 saturated heterocycles. The lowest BCUT2D eigenvalue weighted by Crippen LogP contribution is -2.31. The number of anilines is 1. The first-order valence-electron chi connectivity index (χ1n) is 6.19. The molecule has 2 rings (SSSR count). The second-order valence-corrected chi connectivity index (χ2v) is 4.93. The largest absolute Gasteiger partial charge is 0.374 e. The Hall–Kier alpha value is -1.40. The number of hydrogen-bond donors (Lipinski definition) is 2. The summed E-state index contributed by atoms with van der Waals surface area (Å²) in [5, 5.41) is 17.0. The van der Waals surface area contributed by atoms with E-state index in [1.165, 1.54) is 0 Å². The van der Waals surface area contributed by atoms with Crippen molar-refractivity contribution in [2.75, 3.05) is 18.4 Å². The number of hydrogen-bond acceptors (Lipinski definition) is 4. The highest BCUT2D eigenvalue weighted by Gasteiger charge is 2.23. The van der Waals surface area contributed by atoms with E-state index in [0.29, 0.717) is 6.54 Å².